The minimum Gasteiger partial charge on any atom is -0.452 e. The molecule has 0 heterocycles. The third kappa shape index (κ3) is 5.49. The highest BCUT2D eigenvalue weighted by Crippen LogP contribution is 2.16. The summed E-state index contributed by atoms with van der Waals surface area (Å²) in [5.41, 5.74) is 0.422. The zero-order chi connectivity index (χ0) is 19.0. The second kappa shape index (κ2) is 9.07. The number of hydrogen-bond acceptors (Lipinski definition) is 5. The topological polar surface area (TPSA) is 82.4 Å². The molecule has 0 saturated carbocycles. The average Bonchev–Trinajstić information content (AvgIpc) is 2.61. The molecule has 0 aliphatic carbocycles. The Balaban J connectivity index is 2.62. The molecule has 0 aliphatic heterocycles. The van der Waals surface area contributed by atoms with E-state index in [0.717, 1.165) is 18.8 Å². The third-order valence-electron chi connectivity index (χ3n) is 4.35. The monoisotopic (exact) mass is 345 g/mol. The SMILES string of the molecule is CCN(CC)c1ccc(C(=O)OCC(=O)N[C@](C)(C#N)C(C)C)cc1. The van der Waals surface area contributed by atoms with Gasteiger partial charge in [-0.25, -0.2) is 4.79 Å². The maximum atomic E-state index is 12.1. The Morgan fingerprint density at radius 1 is 1.24 bits per heavy atom. The highest BCUT2D eigenvalue weighted by molar-refractivity contribution is 5.91. The third-order valence-corrected chi connectivity index (χ3v) is 4.35. The van der Waals surface area contributed by atoms with Gasteiger partial charge in [-0.2, -0.15) is 5.26 Å². The molecule has 1 rings (SSSR count). The summed E-state index contributed by atoms with van der Waals surface area (Å²) in [5, 5.41) is 11.8. The molecule has 0 aliphatic rings. The van der Waals surface area contributed by atoms with Gasteiger partial charge in [0.25, 0.3) is 5.91 Å². The van der Waals surface area contributed by atoms with Gasteiger partial charge in [0.05, 0.1) is 11.6 Å². The van der Waals surface area contributed by atoms with Crippen molar-refractivity contribution in [2.75, 3.05) is 24.6 Å². The molecule has 0 aromatic heterocycles. The van der Waals surface area contributed by atoms with E-state index in [1.165, 1.54) is 0 Å². The number of esters is 1. The van der Waals surface area contributed by atoms with Gasteiger partial charge in [0.1, 0.15) is 5.54 Å². The van der Waals surface area contributed by atoms with Gasteiger partial charge >= 0.3 is 5.97 Å². The molecule has 0 bridgehead atoms. The number of nitrogens with one attached hydrogen (secondary N) is 1. The standard InChI is InChI=1S/C19H27N3O3/c1-6-22(7-2)16-10-8-15(9-11-16)18(24)25-12-17(23)21-19(5,13-20)14(3)4/h8-11,14H,6-7,12H2,1-5H3,(H,21,23)/t19-/m1/s1. The summed E-state index contributed by atoms with van der Waals surface area (Å²) >= 11 is 0. The second-order valence-corrected chi connectivity index (χ2v) is 6.31. The van der Waals surface area contributed by atoms with E-state index in [0.29, 0.717) is 5.56 Å². The Bertz CT molecular complexity index is 630. The van der Waals surface area contributed by atoms with Gasteiger partial charge in [0.15, 0.2) is 6.61 Å². The van der Waals surface area contributed by atoms with E-state index >= 15 is 0 Å². The normalized spacial score (nSPS) is 12.8. The lowest BCUT2D eigenvalue weighted by Crippen LogP contribution is -2.50. The summed E-state index contributed by atoms with van der Waals surface area (Å²) < 4.78 is 5.04. The smallest absolute Gasteiger partial charge is 0.338 e. The molecule has 25 heavy (non-hydrogen) atoms. The first-order valence-electron chi connectivity index (χ1n) is 8.51. The van der Waals surface area contributed by atoms with Gasteiger partial charge in [0.2, 0.25) is 0 Å². The summed E-state index contributed by atoms with van der Waals surface area (Å²) in [6, 6.07) is 9.16. The summed E-state index contributed by atoms with van der Waals surface area (Å²) in [7, 11) is 0. The lowest BCUT2D eigenvalue weighted by atomic mass is 9.90. The first-order valence-corrected chi connectivity index (χ1v) is 8.51. The average molecular weight is 345 g/mol. The number of carbonyl (C=O) groups excluding carboxylic acids is 2. The first kappa shape index (κ1) is 20.5. The van der Waals surface area contributed by atoms with Crippen LogP contribution in [0.5, 0.6) is 0 Å². The van der Waals surface area contributed by atoms with E-state index < -0.39 is 24.0 Å². The van der Waals surface area contributed by atoms with Crippen molar-refractivity contribution in [3.63, 3.8) is 0 Å². The van der Waals surface area contributed by atoms with Crippen molar-refractivity contribution in [2.24, 2.45) is 5.92 Å². The van der Waals surface area contributed by atoms with E-state index in [2.05, 4.69) is 30.1 Å². The fourth-order valence-corrected chi connectivity index (χ4v) is 2.24. The molecular formula is C19H27N3O3. The van der Waals surface area contributed by atoms with Crippen LogP contribution >= 0.6 is 0 Å². The van der Waals surface area contributed by atoms with Crippen LogP contribution in [0.1, 0.15) is 45.0 Å². The molecular weight excluding hydrogens is 318 g/mol. The number of rotatable bonds is 8. The molecule has 6 heteroatoms. The van der Waals surface area contributed by atoms with E-state index in [1.807, 2.05) is 26.0 Å². The van der Waals surface area contributed by atoms with Crippen LogP contribution in [0.15, 0.2) is 24.3 Å². The molecule has 6 nitrogen and oxygen atoms in total. The molecule has 0 radical (unpaired) electrons. The molecule has 0 fully saturated rings. The summed E-state index contributed by atoms with van der Waals surface area (Å²) in [5.74, 6) is -1.12. The van der Waals surface area contributed by atoms with Crippen molar-refractivity contribution in [1.29, 1.82) is 5.26 Å². The van der Waals surface area contributed by atoms with Gasteiger partial charge in [-0.3, -0.25) is 4.79 Å². The molecule has 136 valence electrons. The molecule has 1 aromatic rings. The van der Waals surface area contributed by atoms with Crippen LogP contribution in [0, 0.1) is 17.2 Å². The van der Waals surface area contributed by atoms with Crippen LogP contribution in [-0.2, 0) is 9.53 Å². The Labute approximate surface area is 149 Å². The van der Waals surface area contributed by atoms with Crippen molar-refractivity contribution in [3.05, 3.63) is 29.8 Å². The summed E-state index contributed by atoms with van der Waals surface area (Å²) in [6.07, 6.45) is 0. The summed E-state index contributed by atoms with van der Waals surface area (Å²) in [4.78, 5) is 26.2. The van der Waals surface area contributed by atoms with Crippen LogP contribution in [0.25, 0.3) is 0 Å². The predicted molar refractivity (Wildman–Crippen MR) is 97.3 cm³/mol. The van der Waals surface area contributed by atoms with Crippen LogP contribution in [0.3, 0.4) is 0 Å². The zero-order valence-corrected chi connectivity index (χ0v) is 15.6. The quantitative estimate of drug-likeness (QED) is 0.733. The molecule has 0 spiro atoms. The molecule has 1 aromatic carbocycles. The van der Waals surface area contributed by atoms with Gasteiger partial charge < -0.3 is 15.0 Å². The van der Waals surface area contributed by atoms with Crippen molar-refractivity contribution >= 4 is 17.6 Å². The minimum absolute atomic E-state index is 0.0650. The van der Waals surface area contributed by atoms with E-state index in [4.69, 9.17) is 4.74 Å². The highest BCUT2D eigenvalue weighted by atomic mass is 16.5. The molecule has 1 atom stereocenters. The lowest BCUT2D eigenvalue weighted by Gasteiger charge is -2.27. The number of carbonyl (C=O) groups is 2. The maximum absolute atomic E-state index is 12.1. The van der Waals surface area contributed by atoms with E-state index in [1.54, 1.807) is 19.1 Å². The number of ether oxygens (including phenoxy) is 1. The molecule has 0 saturated heterocycles. The van der Waals surface area contributed by atoms with Crippen molar-refractivity contribution in [2.45, 2.75) is 40.2 Å². The van der Waals surface area contributed by atoms with Crippen LogP contribution in [0.2, 0.25) is 0 Å². The first-order chi connectivity index (χ1) is 11.8. The Hall–Kier alpha value is -2.55. The van der Waals surface area contributed by atoms with E-state index in [9.17, 15) is 14.9 Å². The predicted octanol–water partition coefficient (Wildman–Crippen LogP) is 2.74. The number of amides is 1. The van der Waals surface area contributed by atoms with Crippen molar-refractivity contribution in [3.8, 4) is 6.07 Å². The Kier molecular flexibility index (Phi) is 7.43. The van der Waals surface area contributed by atoms with E-state index in [-0.39, 0.29) is 5.92 Å². The van der Waals surface area contributed by atoms with Crippen LogP contribution < -0.4 is 10.2 Å². The Morgan fingerprint density at radius 3 is 2.24 bits per heavy atom. The number of nitriles is 1. The number of anilines is 1. The van der Waals surface area contributed by atoms with Gasteiger partial charge in [0, 0.05) is 18.8 Å². The van der Waals surface area contributed by atoms with Crippen molar-refractivity contribution < 1.29 is 14.3 Å². The number of hydrogen-bond donors (Lipinski definition) is 1. The molecule has 0 unspecified atom stereocenters. The summed E-state index contributed by atoms with van der Waals surface area (Å²) in [6.45, 7) is 10.8. The fourth-order valence-electron chi connectivity index (χ4n) is 2.24. The Morgan fingerprint density at radius 2 is 1.80 bits per heavy atom. The fraction of sp³-hybridized carbons (Fsp3) is 0.526. The van der Waals surface area contributed by atoms with Gasteiger partial charge in [-0.05, 0) is 51.0 Å². The maximum Gasteiger partial charge on any atom is 0.338 e. The minimum atomic E-state index is -0.991. The zero-order valence-electron chi connectivity index (χ0n) is 15.6. The number of nitrogens with zero attached hydrogens (tertiary/aromatic N) is 2. The second-order valence-electron chi connectivity index (χ2n) is 6.31. The van der Waals surface area contributed by atoms with Crippen LogP contribution in [-0.4, -0.2) is 37.1 Å². The van der Waals surface area contributed by atoms with Crippen molar-refractivity contribution in [1.82, 2.24) is 5.32 Å². The molecule has 1 amide bonds. The molecule has 1 N–H and O–H groups in total. The lowest BCUT2D eigenvalue weighted by molar-refractivity contribution is -0.125. The van der Waals surface area contributed by atoms with Gasteiger partial charge in [-0.1, -0.05) is 13.8 Å². The van der Waals surface area contributed by atoms with Crippen LogP contribution in [0.4, 0.5) is 5.69 Å². The highest BCUT2D eigenvalue weighted by Gasteiger charge is 2.30. The largest absolute Gasteiger partial charge is 0.452 e. The van der Waals surface area contributed by atoms with Gasteiger partial charge in [-0.15, -0.1) is 0 Å². The number of benzene rings is 1.